The summed E-state index contributed by atoms with van der Waals surface area (Å²) in [4.78, 5) is 20.2. The second-order valence-corrected chi connectivity index (χ2v) is 12.8. The van der Waals surface area contributed by atoms with Gasteiger partial charge < -0.3 is 18.9 Å². The van der Waals surface area contributed by atoms with Gasteiger partial charge in [0.1, 0.15) is 0 Å². The van der Waals surface area contributed by atoms with Crippen molar-refractivity contribution in [1.29, 1.82) is 0 Å². The van der Waals surface area contributed by atoms with Crippen molar-refractivity contribution in [3.63, 3.8) is 0 Å². The van der Waals surface area contributed by atoms with Crippen LogP contribution in [0, 0.1) is 0 Å². The smallest absolute Gasteiger partial charge is 0.474 e. The van der Waals surface area contributed by atoms with Crippen LogP contribution in [-0.4, -0.2) is 74.6 Å². The molecule has 0 amide bonds. The van der Waals surface area contributed by atoms with Crippen LogP contribution >= 0.6 is 81.5 Å². The third-order valence-corrected chi connectivity index (χ3v) is 7.93. The molecule has 0 aromatic carbocycles. The third-order valence-electron chi connectivity index (χ3n) is 3.39. The molecule has 20 heteroatoms. The van der Waals surface area contributed by atoms with E-state index in [0.29, 0.717) is 0 Å². The van der Waals surface area contributed by atoms with E-state index in [9.17, 15) is 23.5 Å². The molecule has 206 valence electrons. The van der Waals surface area contributed by atoms with Crippen molar-refractivity contribution in [3.8, 4) is 0 Å². The zero-order chi connectivity index (χ0) is 26.1. The Morgan fingerprint density at radius 3 is 1.12 bits per heavy atom. The lowest BCUT2D eigenvalue weighted by Gasteiger charge is -2.34. The summed E-state index contributed by atoms with van der Waals surface area (Å²) in [6.07, 6.45) is -0.461. The molecular weight excluding hydrogens is 630 g/mol. The molecule has 0 aliphatic heterocycles. The molecule has 0 N–H and O–H groups in total. The molecule has 0 aromatic rings. The summed E-state index contributed by atoms with van der Waals surface area (Å²) >= 11 is 28.5. The molecule has 0 fully saturated rings. The molecule has 0 unspecified atom stereocenters. The van der Waals surface area contributed by atoms with Gasteiger partial charge >= 0.3 is 15.6 Å². The number of alkyl halides is 5. The van der Waals surface area contributed by atoms with Gasteiger partial charge in [0.05, 0.1) is 58.9 Å². The number of phosphoric ester groups is 3. The molecule has 34 heavy (non-hydrogen) atoms. The Morgan fingerprint density at radius 1 is 0.559 bits per heavy atom. The molecule has 0 aromatic heterocycles. The monoisotopic (exact) mass is 654 g/mol. The van der Waals surface area contributed by atoms with Crippen LogP contribution in [0.3, 0.4) is 0 Å². The summed E-state index contributed by atoms with van der Waals surface area (Å²) in [6, 6.07) is 0. The summed E-state index contributed by atoms with van der Waals surface area (Å²) in [7, 11) is -13.5. The fourth-order valence-corrected chi connectivity index (χ4v) is 5.72. The zero-order valence-corrected chi connectivity index (χ0v) is 24.3. The maximum Gasteiger partial charge on any atom is 0.474 e. The van der Waals surface area contributed by atoms with Crippen LogP contribution in [0.4, 0.5) is 0 Å². The SMILES string of the molecule is O=P([O-])([O-])OCC(Cl)(CCOP(=O)(OCCCl)OCCCl)CCOP(=O)(OCCCl)OCCCl. The molecule has 0 heterocycles. The quantitative estimate of drug-likeness (QED) is 0.116. The lowest BCUT2D eigenvalue weighted by molar-refractivity contribution is -0.342. The van der Waals surface area contributed by atoms with Crippen LogP contribution in [0.15, 0.2) is 0 Å². The fraction of sp³-hybridized carbons (Fsp3) is 1.00. The number of rotatable bonds is 23. The first kappa shape index (κ1) is 35.8. The first-order chi connectivity index (χ1) is 15.9. The predicted molar refractivity (Wildman–Crippen MR) is 125 cm³/mol. The van der Waals surface area contributed by atoms with Crippen molar-refractivity contribution in [2.24, 2.45) is 0 Å². The summed E-state index contributed by atoms with van der Waals surface area (Å²) in [5, 5.41) is 0. The molecule has 0 atom stereocenters. The van der Waals surface area contributed by atoms with E-state index in [4.69, 9.17) is 85.1 Å². The maximum atomic E-state index is 12.6. The van der Waals surface area contributed by atoms with Gasteiger partial charge in [-0.15, -0.1) is 58.0 Å². The largest absolute Gasteiger partial charge is 0.790 e. The summed E-state index contributed by atoms with van der Waals surface area (Å²) < 4.78 is 70.7. The molecule has 12 nitrogen and oxygen atoms in total. The van der Waals surface area contributed by atoms with Gasteiger partial charge in [0, 0.05) is 23.5 Å². The Kier molecular flexibility index (Phi) is 19.9. The van der Waals surface area contributed by atoms with E-state index in [-0.39, 0.29) is 76.0 Å². The van der Waals surface area contributed by atoms with E-state index in [1.807, 2.05) is 0 Å². The van der Waals surface area contributed by atoms with E-state index in [0.717, 1.165) is 0 Å². The average molecular weight is 657 g/mol. The van der Waals surface area contributed by atoms with Crippen LogP contribution in [0.25, 0.3) is 0 Å². The molecule has 0 saturated heterocycles. The van der Waals surface area contributed by atoms with Crippen LogP contribution in [0.1, 0.15) is 12.8 Å². The van der Waals surface area contributed by atoms with Gasteiger partial charge in [-0.1, -0.05) is 0 Å². The van der Waals surface area contributed by atoms with Crippen LogP contribution in [0.5, 0.6) is 0 Å². The van der Waals surface area contributed by atoms with Gasteiger partial charge in [0.2, 0.25) is 0 Å². The van der Waals surface area contributed by atoms with Crippen molar-refractivity contribution in [2.45, 2.75) is 17.7 Å². The van der Waals surface area contributed by atoms with Gasteiger partial charge in [-0.05, 0) is 12.8 Å². The number of halogens is 5. The molecule has 0 rings (SSSR count). The minimum atomic E-state index is -5.38. The first-order valence-electron chi connectivity index (χ1n) is 9.53. The Balaban J connectivity index is 5.18. The summed E-state index contributed by atoms with van der Waals surface area (Å²) in [5.41, 5.74) is 0. The molecule has 0 radical (unpaired) electrons. The predicted octanol–water partition coefficient (Wildman–Crippen LogP) is 3.86. The standard InChI is InChI=1S/C14H28Cl5O12P3/c15-3-9-27-33(23,28-10-4-16)25-7-1-14(19,13-31-32(20,21)22)2-8-26-34(24,29-11-5-17)30-12-6-18/h1-13H2,(H2,20,21,22)/p-2. The van der Waals surface area contributed by atoms with Crippen molar-refractivity contribution >= 4 is 81.5 Å². The molecule has 0 spiro atoms. The highest BCUT2D eigenvalue weighted by Crippen LogP contribution is 2.51. The van der Waals surface area contributed by atoms with Crippen molar-refractivity contribution in [3.05, 3.63) is 0 Å². The third kappa shape index (κ3) is 18.1. The van der Waals surface area contributed by atoms with Crippen LogP contribution < -0.4 is 9.79 Å². The Morgan fingerprint density at radius 2 is 0.853 bits per heavy atom. The highest BCUT2D eigenvalue weighted by molar-refractivity contribution is 7.48. The van der Waals surface area contributed by atoms with Crippen LogP contribution in [0.2, 0.25) is 0 Å². The lowest BCUT2D eigenvalue weighted by Crippen LogP contribution is -2.33. The summed E-state index contributed by atoms with van der Waals surface area (Å²) in [6.45, 7) is -2.19. The van der Waals surface area contributed by atoms with Crippen molar-refractivity contribution in [2.75, 3.05) is 69.8 Å². The second kappa shape index (κ2) is 18.9. The van der Waals surface area contributed by atoms with Gasteiger partial charge in [-0.3, -0.25) is 27.1 Å². The lowest BCUT2D eigenvalue weighted by atomic mass is 10.0. The number of hydrogen-bond donors (Lipinski definition) is 0. The normalized spacial score (nSPS) is 13.5. The van der Waals surface area contributed by atoms with E-state index in [2.05, 4.69) is 4.52 Å². The number of phosphoric acid groups is 3. The average Bonchev–Trinajstić information content (AvgIpc) is 2.77. The fourth-order valence-electron chi connectivity index (χ4n) is 1.95. The number of hydrogen-bond acceptors (Lipinski definition) is 12. The van der Waals surface area contributed by atoms with Gasteiger partial charge in [-0.2, -0.15) is 0 Å². The van der Waals surface area contributed by atoms with Gasteiger partial charge in [-0.25, -0.2) is 9.13 Å². The first-order valence-corrected chi connectivity index (χ1v) is 16.4. The molecule has 0 aliphatic rings. The Bertz CT molecular complexity index is 621. The molecule has 0 aliphatic carbocycles. The Hall–Kier alpha value is 1.78. The molecule has 0 bridgehead atoms. The van der Waals surface area contributed by atoms with E-state index >= 15 is 0 Å². The van der Waals surface area contributed by atoms with Gasteiger partial charge in [0.15, 0.2) is 0 Å². The van der Waals surface area contributed by atoms with E-state index < -0.39 is 34.9 Å². The van der Waals surface area contributed by atoms with E-state index in [1.165, 1.54) is 0 Å². The zero-order valence-electron chi connectivity index (χ0n) is 17.8. The summed E-state index contributed by atoms with van der Waals surface area (Å²) in [5.74, 6) is 0.00845. The highest BCUT2D eigenvalue weighted by Gasteiger charge is 2.34. The van der Waals surface area contributed by atoms with Crippen molar-refractivity contribution < 1.29 is 55.1 Å². The van der Waals surface area contributed by atoms with E-state index in [1.54, 1.807) is 0 Å². The Labute approximate surface area is 223 Å². The topological polar surface area (TPSA) is 162 Å². The van der Waals surface area contributed by atoms with Gasteiger partial charge in [0.25, 0.3) is 0 Å². The second-order valence-electron chi connectivity index (χ2n) is 6.02. The minimum Gasteiger partial charge on any atom is -0.790 e. The molecular formula is C14H26Cl5O12P3-2. The molecule has 0 saturated carbocycles. The highest BCUT2D eigenvalue weighted by atomic mass is 35.5. The van der Waals surface area contributed by atoms with Crippen LogP contribution in [-0.2, 0) is 45.4 Å². The van der Waals surface area contributed by atoms with Crippen molar-refractivity contribution in [1.82, 2.24) is 0 Å². The minimum absolute atomic E-state index is 0.00211. The maximum absolute atomic E-state index is 12.6.